The maximum atomic E-state index is 12.7. The highest BCUT2D eigenvalue weighted by Crippen LogP contribution is 2.44. The van der Waals surface area contributed by atoms with Crippen LogP contribution in [0.15, 0.2) is 24.3 Å². The zero-order valence-corrected chi connectivity index (χ0v) is 11.4. The molecular formula is C15H18N2O3. The molecule has 0 spiro atoms. The summed E-state index contributed by atoms with van der Waals surface area (Å²) in [5.74, 6) is -0.609. The van der Waals surface area contributed by atoms with Crippen LogP contribution in [0.4, 0.5) is 0 Å². The van der Waals surface area contributed by atoms with Crippen molar-refractivity contribution in [1.29, 1.82) is 0 Å². The van der Waals surface area contributed by atoms with Gasteiger partial charge in [-0.15, -0.1) is 0 Å². The van der Waals surface area contributed by atoms with Crippen molar-refractivity contribution in [1.82, 2.24) is 9.80 Å². The molecule has 5 heteroatoms. The first-order chi connectivity index (χ1) is 9.84. The minimum absolute atomic E-state index is 0.0896. The second kappa shape index (κ2) is 4.55. The van der Waals surface area contributed by atoms with Gasteiger partial charge in [-0.3, -0.25) is 9.69 Å². The number of rotatable bonds is 1. The molecule has 3 aliphatic heterocycles. The van der Waals surface area contributed by atoms with Gasteiger partial charge >= 0.3 is 0 Å². The molecule has 1 atom stereocenters. The van der Waals surface area contributed by atoms with Crippen molar-refractivity contribution in [2.45, 2.75) is 12.3 Å². The van der Waals surface area contributed by atoms with Crippen LogP contribution in [0.3, 0.4) is 0 Å². The first-order valence-electron chi connectivity index (χ1n) is 7.22. The van der Waals surface area contributed by atoms with Crippen LogP contribution in [0.2, 0.25) is 0 Å². The van der Waals surface area contributed by atoms with E-state index in [0.717, 1.165) is 37.2 Å². The second-order valence-electron chi connectivity index (χ2n) is 5.41. The van der Waals surface area contributed by atoms with Gasteiger partial charge in [0.15, 0.2) is 0 Å². The highest BCUT2D eigenvalue weighted by molar-refractivity contribution is 5.99. The van der Waals surface area contributed by atoms with Gasteiger partial charge in [-0.05, 0) is 12.5 Å². The van der Waals surface area contributed by atoms with E-state index < -0.39 is 5.85 Å². The molecule has 1 unspecified atom stereocenters. The Morgan fingerprint density at radius 1 is 1.05 bits per heavy atom. The summed E-state index contributed by atoms with van der Waals surface area (Å²) >= 11 is 0. The fourth-order valence-electron chi connectivity index (χ4n) is 3.53. The van der Waals surface area contributed by atoms with E-state index in [1.165, 1.54) is 0 Å². The average molecular weight is 274 g/mol. The third kappa shape index (κ3) is 1.51. The molecule has 0 aromatic heterocycles. The van der Waals surface area contributed by atoms with Crippen LogP contribution in [0.25, 0.3) is 0 Å². The fraction of sp³-hybridized carbons (Fsp3) is 0.533. The molecule has 20 heavy (non-hydrogen) atoms. The molecule has 2 fully saturated rings. The second-order valence-corrected chi connectivity index (χ2v) is 5.41. The Hall–Kier alpha value is -1.43. The van der Waals surface area contributed by atoms with Gasteiger partial charge in [-0.2, -0.15) is 0 Å². The molecule has 4 rings (SSSR count). The molecule has 2 saturated heterocycles. The van der Waals surface area contributed by atoms with E-state index >= 15 is 0 Å². The molecule has 106 valence electrons. The van der Waals surface area contributed by atoms with E-state index in [9.17, 15) is 4.79 Å². The van der Waals surface area contributed by atoms with Crippen LogP contribution in [-0.2, 0) is 15.3 Å². The SMILES string of the molecule is O=C1c2ccccc2C2(N3CCOCC3)OCCCN12. The lowest BCUT2D eigenvalue weighted by molar-refractivity contribution is -0.268. The zero-order chi connectivity index (χ0) is 13.6. The number of benzene rings is 1. The first-order valence-corrected chi connectivity index (χ1v) is 7.22. The number of carbonyl (C=O) groups is 1. The molecule has 0 radical (unpaired) electrons. The first kappa shape index (κ1) is 12.3. The summed E-state index contributed by atoms with van der Waals surface area (Å²) < 4.78 is 11.7. The van der Waals surface area contributed by atoms with Crippen LogP contribution in [0.1, 0.15) is 22.3 Å². The van der Waals surface area contributed by atoms with Crippen LogP contribution in [0, 0.1) is 0 Å². The number of carbonyl (C=O) groups excluding carboxylic acids is 1. The Morgan fingerprint density at radius 2 is 1.85 bits per heavy atom. The van der Waals surface area contributed by atoms with Gasteiger partial charge in [-0.1, -0.05) is 18.2 Å². The molecule has 5 nitrogen and oxygen atoms in total. The normalized spacial score (nSPS) is 30.2. The number of amides is 1. The molecule has 0 aliphatic carbocycles. The van der Waals surface area contributed by atoms with Gasteiger partial charge in [0.25, 0.3) is 5.91 Å². The molecular weight excluding hydrogens is 256 g/mol. The van der Waals surface area contributed by atoms with E-state index in [2.05, 4.69) is 4.90 Å². The Morgan fingerprint density at radius 3 is 2.70 bits per heavy atom. The van der Waals surface area contributed by atoms with E-state index in [1.807, 2.05) is 29.2 Å². The van der Waals surface area contributed by atoms with Crippen molar-refractivity contribution >= 4 is 5.91 Å². The molecule has 0 bridgehead atoms. The van der Waals surface area contributed by atoms with E-state index in [1.54, 1.807) is 0 Å². The molecule has 3 aliphatic rings. The van der Waals surface area contributed by atoms with E-state index in [-0.39, 0.29) is 5.91 Å². The zero-order valence-electron chi connectivity index (χ0n) is 11.4. The maximum Gasteiger partial charge on any atom is 0.257 e. The van der Waals surface area contributed by atoms with Crippen LogP contribution in [-0.4, -0.2) is 55.2 Å². The van der Waals surface area contributed by atoms with Crippen molar-refractivity contribution in [2.24, 2.45) is 0 Å². The number of nitrogens with zero attached hydrogens (tertiary/aromatic N) is 2. The summed E-state index contributed by atoms with van der Waals surface area (Å²) in [5.41, 5.74) is 1.77. The topological polar surface area (TPSA) is 42.0 Å². The van der Waals surface area contributed by atoms with Crippen LogP contribution >= 0.6 is 0 Å². The predicted molar refractivity (Wildman–Crippen MR) is 72.1 cm³/mol. The number of ether oxygens (including phenoxy) is 2. The van der Waals surface area contributed by atoms with Crippen molar-refractivity contribution in [3.05, 3.63) is 35.4 Å². The Balaban J connectivity index is 1.86. The number of hydrogen-bond donors (Lipinski definition) is 0. The standard InChI is InChI=1S/C15H18N2O3/c18-14-12-4-1-2-5-13(12)15(16-7-10-19-11-8-16)17(14)6-3-9-20-15/h1-2,4-5H,3,6-11H2. The highest BCUT2D eigenvalue weighted by atomic mass is 16.5. The fourth-order valence-corrected chi connectivity index (χ4v) is 3.53. The number of fused-ring (bicyclic) bond motifs is 3. The third-order valence-electron chi connectivity index (χ3n) is 4.39. The van der Waals surface area contributed by atoms with Crippen molar-refractivity contribution < 1.29 is 14.3 Å². The quantitative estimate of drug-likeness (QED) is 0.766. The minimum atomic E-state index is -0.699. The lowest BCUT2D eigenvalue weighted by Gasteiger charge is -2.50. The summed E-state index contributed by atoms with van der Waals surface area (Å²) in [6.45, 7) is 4.40. The lowest BCUT2D eigenvalue weighted by Crippen LogP contribution is -2.62. The summed E-state index contributed by atoms with van der Waals surface area (Å²) in [4.78, 5) is 16.8. The number of hydrogen-bond acceptors (Lipinski definition) is 4. The van der Waals surface area contributed by atoms with Crippen LogP contribution in [0.5, 0.6) is 0 Å². The van der Waals surface area contributed by atoms with Gasteiger partial charge in [0, 0.05) is 30.8 Å². The Bertz CT molecular complexity index is 542. The molecule has 1 aromatic rings. The summed E-state index contributed by atoms with van der Waals surface area (Å²) in [6, 6.07) is 7.83. The van der Waals surface area contributed by atoms with E-state index in [4.69, 9.17) is 9.47 Å². The van der Waals surface area contributed by atoms with Crippen molar-refractivity contribution in [3.8, 4) is 0 Å². The molecule has 0 N–H and O–H groups in total. The Labute approximate surface area is 118 Å². The maximum absolute atomic E-state index is 12.7. The molecule has 0 saturated carbocycles. The van der Waals surface area contributed by atoms with Crippen molar-refractivity contribution in [3.63, 3.8) is 0 Å². The molecule has 3 heterocycles. The summed E-state index contributed by atoms with van der Waals surface area (Å²) in [5, 5.41) is 0. The largest absolute Gasteiger partial charge is 0.379 e. The number of morpholine rings is 1. The van der Waals surface area contributed by atoms with Crippen LogP contribution < -0.4 is 0 Å². The smallest absolute Gasteiger partial charge is 0.257 e. The summed E-state index contributed by atoms with van der Waals surface area (Å²) in [6.07, 6.45) is 0.895. The summed E-state index contributed by atoms with van der Waals surface area (Å²) in [7, 11) is 0. The molecule has 1 amide bonds. The predicted octanol–water partition coefficient (Wildman–Crippen LogP) is 1.01. The van der Waals surface area contributed by atoms with Crippen molar-refractivity contribution in [2.75, 3.05) is 39.5 Å². The van der Waals surface area contributed by atoms with E-state index in [0.29, 0.717) is 19.8 Å². The molecule has 1 aromatic carbocycles. The minimum Gasteiger partial charge on any atom is -0.379 e. The lowest BCUT2D eigenvalue weighted by atomic mass is 10.0. The third-order valence-corrected chi connectivity index (χ3v) is 4.39. The Kier molecular flexibility index (Phi) is 2.80. The van der Waals surface area contributed by atoms with Gasteiger partial charge in [0.2, 0.25) is 5.85 Å². The van der Waals surface area contributed by atoms with Gasteiger partial charge in [0.05, 0.1) is 19.8 Å². The highest BCUT2D eigenvalue weighted by Gasteiger charge is 2.56. The van der Waals surface area contributed by atoms with Gasteiger partial charge in [-0.25, -0.2) is 4.90 Å². The van der Waals surface area contributed by atoms with Gasteiger partial charge in [0.1, 0.15) is 0 Å². The average Bonchev–Trinajstić information content (AvgIpc) is 2.80. The monoisotopic (exact) mass is 274 g/mol. The van der Waals surface area contributed by atoms with Gasteiger partial charge < -0.3 is 9.47 Å².